The van der Waals surface area contributed by atoms with Gasteiger partial charge in [0.2, 0.25) is 0 Å². The van der Waals surface area contributed by atoms with Gasteiger partial charge in [-0.05, 0) is 52.3 Å². The van der Waals surface area contributed by atoms with Crippen molar-refractivity contribution >= 4 is 23.8 Å². The molecule has 26 heavy (non-hydrogen) atoms. The Balaban J connectivity index is 2.29. The Bertz CT molecular complexity index is 625. The van der Waals surface area contributed by atoms with Crippen LogP contribution in [0.2, 0.25) is 0 Å². The molecular weight excluding hydrogens is 338 g/mol. The Morgan fingerprint density at radius 1 is 1.08 bits per heavy atom. The van der Waals surface area contributed by atoms with Crippen LogP contribution in [0.3, 0.4) is 0 Å². The van der Waals surface area contributed by atoms with Crippen LogP contribution in [-0.2, 0) is 9.47 Å². The van der Waals surface area contributed by atoms with Crippen LogP contribution in [0.1, 0.15) is 44.5 Å². The highest BCUT2D eigenvalue weighted by Crippen LogP contribution is 2.11. The standard InChI is InChI=1S/C18H27N3O5/c1-5-25-15(22)13-8-6-9-14(12-13)21-16(23)19-10-7-11-20-17(24)26-18(2,3)4/h6,8-9,12H,5,7,10-11H2,1-4H3,(H,20,24)(H2,19,21,23). The van der Waals surface area contributed by atoms with Crippen LogP contribution in [0.15, 0.2) is 24.3 Å². The minimum Gasteiger partial charge on any atom is -0.462 e. The van der Waals surface area contributed by atoms with E-state index in [1.54, 1.807) is 52.0 Å². The Morgan fingerprint density at radius 2 is 1.77 bits per heavy atom. The molecule has 0 radical (unpaired) electrons. The second kappa shape index (κ2) is 10.3. The Hall–Kier alpha value is -2.77. The molecule has 0 spiro atoms. The van der Waals surface area contributed by atoms with Crippen molar-refractivity contribution in [3.8, 4) is 0 Å². The molecule has 3 amide bonds. The first-order chi connectivity index (χ1) is 12.2. The monoisotopic (exact) mass is 365 g/mol. The van der Waals surface area contributed by atoms with E-state index in [1.807, 2.05) is 0 Å². The molecule has 1 aromatic rings. The van der Waals surface area contributed by atoms with Gasteiger partial charge in [0.05, 0.1) is 12.2 Å². The van der Waals surface area contributed by atoms with Crippen molar-refractivity contribution in [1.29, 1.82) is 0 Å². The molecule has 0 atom stereocenters. The summed E-state index contributed by atoms with van der Waals surface area (Å²) in [5, 5.41) is 7.92. The second-order valence-electron chi connectivity index (χ2n) is 6.46. The fraction of sp³-hybridized carbons (Fsp3) is 0.500. The van der Waals surface area contributed by atoms with Crippen LogP contribution in [-0.4, -0.2) is 43.4 Å². The van der Waals surface area contributed by atoms with Gasteiger partial charge in [0.25, 0.3) is 0 Å². The summed E-state index contributed by atoms with van der Waals surface area (Å²) < 4.78 is 10.0. The number of amides is 3. The molecule has 8 heteroatoms. The molecule has 0 bridgehead atoms. The SMILES string of the molecule is CCOC(=O)c1cccc(NC(=O)NCCCNC(=O)OC(C)(C)C)c1. The van der Waals surface area contributed by atoms with Gasteiger partial charge in [-0.2, -0.15) is 0 Å². The molecule has 144 valence electrons. The van der Waals surface area contributed by atoms with Crippen molar-refractivity contribution in [3.63, 3.8) is 0 Å². The summed E-state index contributed by atoms with van der Waals surface area (Å²) in [5.74, 6) is -0.440. The average molecular weight is 365 g/mol. The zero-order chi connectivity index (χ0) is 19.6. The minimum atomic E-state index is -0.541. The lowest BCUT2D eigenvalue weighted by molar-refractivity contribution is 0.0516. The van der Waals surface area contributed by atoms with E-state index in [0.29, 0.717) is 30.8 Å². The molecule has 0 saturated heterocycles. The Morgan fingerprint density at radius 3 is 2.42 bits per heavy atom. The lowest BCUT2D eigenvalue weighted by Gasteiger charge is -2.19. The van der Waals surface area contributed by atoms with E-state index in [9.17, 15) is 14.4 Å². The van der Waals surface area contributed by atoms with E-state index in [0.717, 1.165) is 0 Å². The number of carbonyl (C=O) groups excluding carboxylic acids is 3. The average Bonchev–Trinajstić information content (AvgIpc) is 2.53. The molecule has 1 aromatic carbocycles. The topological polar surface area (TPSA) is 106 Å². The molecular formula is C18H27N3O5. The minimum absolute atomic E-state index is 0.286. The van der Waals surface area contributed by atoms with Gasteiger partial charge in [-0.25, -0.2) is 14.4 Å². The number of ether oxygens (including phenoxy) is 2. The largest absolute Gasteiger partial charge is 0.462 e. The molecule has 0 aliphatic heterocycles. The lowest BCUT2D eigenvalue weighted by Crippen LogP contribution is -2.35. The number of rotatable bonds is 7. The number of hydrogen-bond donors (Lipinski definition) is 3. The highest BCUT2D eigenvalue weighted by Gasteiger charge is 2.15. The van der Waals surface area contributed by atoms with Crippen molar-refractivity contribution in [2.24, 2.45) is 0 Å². The van der Waals surface area contributed by atoms with Crippen LogP contribution >= 0.6 is 0 Å². The van der Waals surface area contributed by atoms with Gasteiger partial charge in [0.1, 0.15) is 5.60 Å². The van der Waals surface area contributed by atoms with E-state index in [4.69, 9.17) is 9.47 Å². The molecule has 8 nitrogen and oxygen atoms in total. The highest BCUT2D eigenvalue weighted by atomic mass is 16.6. The molecule has 3 N–H and O–H groups in total. The number of anilines is 1. The smallest absolute Gasteiger partial charge is 0.407 e. The van der Waals surface area contributed by atoms with Crippen molar-refractivity contribution in [3.05, 3.63) is 29.8 Å². The van der Waals surface area contributed by atoms with Crippen LogP contribution in [0, 0.1) is 0 Å². The van der Waals surface area contributed by atoms with Gasteiger partial charge in [-0.3, -0.25) is 0 Å². The fourth-order valence-corrected chi connectivity index (χ4v) is 1.91. The molecule has 0 saturated carbocycles. The van der Waals surface area contributed by atoms with Crippen molar-refractivity contribution in [1.82, 2.24) is 10.6 Å². The summed E-state index contributed by atoms with van der Waals surface area (Å²) in [4.78, 5) is 35.0. The van der Waals surface area contributed by atoms with Gasteiger partial charge in [-0.15, -0.1) is 0 Å². The maximum absolute atomic E-state index is 11.9. The number of hydrogen-bond acceptors (Lipinski definition) is 5. The van der Waals surface area contributed by atoms with Gasteiger partial charge in [0, 0.05) is 18.8 Å². The fourth-order valence-electron chi connectivity index (χ4n) is 1.91. The quantitative estimate of drug-likeness (QED) is 0.509. The van der Waals surface area contributed by atoms with Crippen LogP contribution in [0.4, 0.5) is 15.3 Å². The first-order valence-corrected chi connectivity index (χ1v) is 8.50. The molecule has 0 aliphatic carbocycles. The second-order valence-corrected chi connectivity index (χ2v) is 6.46. The summed E-state index contributed by atoms with van der Waals surface area (Å²) in [6.45, 7) is 8.13. The normalized spacial score (nSPS) is 10.6. The van der Waals surface area contributed by atoms with Gasteiger partial charge >= 0.3 is 18.1 Å². The summed E-state index contributed by atoms with van der Waals surface area (Å²) in [6.07, 6.45) is 0.0629. The van der Waals surface area contributed by atoms with Crippen LogP contribution in [0.5, 0.6) is 0 Å². The molecule has 0 heterocycles. The molecule has 0 unspecified atom stereocenters. The van der Waals surface area contributed by atoms with Gasteiger partial charge in [-0.1, -0.05) is 6.07 Å². The highest BCUT2D eigenvalue weighted by molar-refractivity contribution is 5.93. The summed E-state index contributed by atoms with van der Waals surface area (Å²) in [5.41, 5.74) is 0.312. The third-order valence-electron chi connectivity index (χ3n) is 2.94. The number of urea groups is 1. The molecule has 1 rings (SSSR count). The van der Waals surface area contributed by atoms with Crippen LogP contribution < -0.4 is 16.0 Å². The molecule has 0 fully saturated rings. The van der Waals surface area contributed by atoms with Crippen LogP contribution in [0.25, 0.3) is 0 Å². The van der Waals surface area contributed by atoms with Crippen molar-refractivity contribution in [2.75, 3.05) is 25.0 Å². The van der Waals surface area contributed by atoms with Crippen molar-refractivity contribution in [2.45, 2.75) is 39.7 Å². The first kappa shape index (κ1) is 21.3. The number of esters is 1. The molecule has 0 aromatic heterocycles. The maximum atomic E-state index is 11.9. The van der Waals surface area contributed by atoms with E-state index in [1.165, 1.54) is 0 Å². The van der Waals surface area contributed by atoms with E-state index in [2.05, 4.69) is 16.0 Å². The maximum Gasteiger partial charge on any atom is 0.407 e. The van der Waals surface area contributed by atoms with E-state index >= 15 is 0 Å². The first-order valence-electron chi connectivity index (χ1n) is 8.50. The van der Waals surface area contributed by atoms with E-state index < -0.39 is 23.7 Å². The third-order valence-corrected chi connectivity index (χ3v) is 2.94. The zero-order valence-corrected chi connectivity index (χ0v) is 15.7. The lowest BCUT2D eigenvalue weighted by atomic mass is 10.2. The Kier molecular flexibility index (Phi) is 8.41. The summed E-state index contributed by atoms with van der Waals surface area (Å²) >= 11 is 0. The number of alkyl carbamates (subject to hydrolysis) is 1. The van der Waals surface area contributed by atoms with Gasteiger partial charge < -0.3 is 25.4 Å². The number of carbonyl (C=O) groups is 3. The summed E-state index contributed by atoms with van der Waals surface area (Å²) in [6, 6.07) is 6.09. The predicted octanol–water partition coefficient (Wildman–Crippen LogP) is 2.90. The van der Waals surface area contributed by atoms with Gasteiger partial charge in [0.15, 0.2) is 0 Å². The molecule has 0 aliphatic rings. The number of benzene rings is 1. The Labute approximate surface area is 153 Å². The zero-order valence-electron chi connectivity index (χ0n) is 15.7. The predicted molar refractivity (Wildman–Crippen MR) is 98.3 cm³/mol. The third kappa shape index (κ3) is 8.91. The van der Waals surface area contributed by atoms with Crippen molar-refractivity contribution < 1.29 is 23.9 Å². The number of nitrogens with one attached hydrogen (secondary N) is 3. The van der Waals surface area contributed by atoms with E-state index in [-0.39, 0.29) is 6.61 Å². The summed E-state index contributed by atoms with van der Waals surface area (Å²) in [7, 11) is 0.